The largest absolute Gasteiger partial charge is 0.398 e. The molecule has 1 aliphatic carbocycles. The standard InChI is InChI=1S/C21H28Cl2N12O2/c22-11-5-10(12(24)6-13(11)25)18(36)34-20(28)30-7-8-1-3-9(4-2-8)31-21(29)35-19(37)14-16(26)33-17(27)15(23)32-14/h5-6,8-9H,1-4,7,24-25H2,(H4,26,27,33)(H3,28,30,34,36)(H3,29,31,35,37)/t8-,9-. The number of anilines is 4. The minimum absolute atomic E-state index is 0.0112. The molecule has 0 saturated heterocycles. The van der Waals surface area contributed by atoms with Gasteiger partial charge in [-0.25, -0.2) is 9.97 Å². The molecule has 3 rings (SSSR count). The molecule has 0 spiro atoms. The van der Waals surface area contributed by atoms with E-state index in [0.29, 0.717) is 6.54 Å². The molecule has 198 valence electrons. The fourth-order valence-electron chi connectivity index (χ4n) is 3.76. The number of halogens is 2. The van der Waals surface area contributed by atoms with Gasteiger partial charge >= 0.3 is 5.91 Å². The van der Waals surface area contributed by atoms with Gasteiger partial charge in [-0.2, -0.15) is 9.98 Å². The van der Waals surface area contributed by atoms with Crippen LogP contribution < -0.4 is 45.0 Å². The second-order valence-electron chi connectivity index (χ2n) is 8.44. The molecule has 1 saturated carbocycles. The Hall–Kier alpha value is -4.04. The molecule has 0 aliphatic heterocycles. The molecule has 14 nitrogen and oxygen atoms in total. The van der Waals surface area contributed by atoms with Crippen molar-refractivity contribution in [3.05, 3.63) is 33.6 Å². The van der Waals surface area contributed by atoms with Crippen LogP contribution in [0, 0.1) is 5.92 Å². The van der Waals surface area contributed by atoms with Crippen molar-refractivity contribution in [2.45, 2.75) is 31.7 Å². The average molecular weight is 551 g/mol. The number of hydrogen-bond acceptors (Lipinski definition) is 8. The number of nitrogens with one attached hydrogen (secondary N) is 2. The number of nitrogen functional groups attached to an aromatic ring is 4. The molecular weight excluding hydrogens is 523 g/mol. The zero-order valence-corrected chi connectivity index (χ0v) is 21.2. The Kier molecular flexibility index (Phi) is 8.78. The van der Waals surface area contributed by atoms with Crippen molar-refractivity contribution in [1.82, 2.24) is 20.6 Å². The molecule has 0 radical (unpaired) electrons. The molecule has 1 fully saturated rings. The van der Waals surface area contributed by atoms with Gasteiger partial charge in [0.15, 0.2) is 34.4 Å². The Morgan fingerprint density at radius 2 is 1.54 bits per heavy atom. The number of aliphatic imine (C=N–C) groups is 2. The molecule has 0 unspecified atom stereocenters. The molecule has 37 heavy (non-hydrogen) atoms. The summed E-state index contributed by atoms with van der Waals surface area (Å²) in [5, 5.41) is 6.03. The first-order valence-electron chi connectivity index (χ1n) is 11.1. The molecule has 14 N–H and O–H groups in total. The quantitative estimate of drug-likeness (QED) is 0.143. The number of benzene rings is 1. The molecule has 2 amide bonds. The normalized spacial score (nSPS) is 18.3. The van der Waals surface area contributed by atoms with Crippen molar-refractivity contribution in [3.63, 3.8) is 0 Å². The molecule has 0 atom stereocenters. The van der Waals surface area contributed by atoms with Crippen LogP contribution in [0.15, 0.2) is 22.1 Å². The highest BCUT2D eigenvalue weighted by Crippen LogP contribution is 2.26. The molecule has 2 aromatic rings. The monoisotopic (exact) mass is 550 g/mol. The van der Waals surface area contributed by atoms with Crippen molar-refractivity contribution in [3.8, 4) is 0 Å². The van der Waals surface area contributed by atoms with Gasteiger partial charge in [-0.3, -0.25) is 9.59 Å². The molecule has 16 heteroatoms. The van der Waals surface area contributed by atoms with E-state index in [1.54, 1.807) is 0 Å². The summed E-state index contributed by atoms with van der Waals surface area (Å²) in [6.07, 6.45) is 3.20. The second-order valence-corrected chi connectivity index (χ2v) is 9.21. The van der Waals surface area contributed by atoms with E-state index in [9.17, 15) is 9.59 Å². The molecule has 1 aromatic heterocycles. The number of nitrogens with two attached hydrogens (primary N) is 6. The fraction of sp³-hybridized carbons (Fsp3) is 0.333. The lowest BCUT2D eigenvalue weighted by atomic mass is 9.86. The lowest BCUT2D eigenvalue weighted by molar-refractivity contribution is 0.0992. The van der Waals surface area contributed by atoms with E-state index in [0.717, 1.165) is 25.7 Å². The number of rotatable bonds is 5. The van der Waals surface area contributed by atoms with E-state index >= 15 is 0 Å². The Bertz CT molecular complexity index is 1260. The maximum absolute atomic E-state index is 12.4. The number of hydrogen-bond donors (Lipinski definition) is 8. The summed E-state index contributed by atoms with van der Waals surface area (Å²) in [7, 11) is 0. The number of guanidine groups is 2. The number of aromatic nitrogens is 2. The fourth-order valence-corrected chi connectivity index (χ4v) is 4.05. The number of amides is 2. The van der Waals surface area contributed by atoms with Gasteiger partial charge in [0.2, 0.25) is 0 Å². The Morgan fingerprint density at radius 3 is 2.22 bits per heavy atom. The Labute approximate surface area is 222 Å². The average Bonchev–Trinajstić information content (AvgIpc) is 2.83. The van der Waals surface area contributed by atoms with Crippen LogP contribution in [0.4, 0.5) is 23.0 Å². The third kappa shape index (κ3) is 7.24. The Morgan fingerprint density at radius 1 is 0.892 bits per heavy atom. The minimum Gasteiger partial charge on any atom is -0.398 e. The number of carbonyl (C=O) groups excluding carboxylic acids is 2. The van der Waals surface area contributed by atoms with Crippen molar-refractivity contribution >= 4 is 69.9 Å². The first-order valence-corrected chi connectivity index (χ1v) is 11.9. The van der Waals surface area contributed by atoms with Gasteiger partial charge < -0.3 is 45.0 Å². The second kappa shape index (κ2) is 11.8. The predicted octanol–water partition coefficient (Wildman–Crippen LogP) is 0.460. The van der Waals surface area contributed by atoms with Gasteiger partial charge in [-0.15, -0.1) is 0 Å². The highest BCUT2D eigenvalue weighted by Gasteiger charge is 2.23. The lowest BCUT2D eigenvalue weighted by Crippen LogP contribution is -2.44. The van der Waals surface area contributed by atoms with Crippen LogP contribution in [0.25, 0.3) is 0 Å². The summed E-state index contributed by atoms with van der Waals surface area (Å²) in [5.74, 6) is -1.52. The maximum atomic E-state index is 12.4. The first-order chi connectivity index (χ1) is 17.4. The van der Waals surface area contributed by atoms with Crippen molar-refractivity contribution in [2.24, 2.45) is 27.4 Å². The van der Waals surface area contributed by atoms with Crippen molar-refractivity contribution in [2.75, 3.05) is 29.5 Å². The molecule has 1 aromatic carbocycles. The van der Waals surface area contributed by atoms with Gasteiger partial charge in [-0.1, -0.05) is 23.2 Å². The highest BCUT2D eigenvalue weighted by atomic mass is 35.5. The summed E-state index contributed by atoms with van der Waals surface area (Å²) in [6.45, 7) is 0.519. The van der Waals surface area contributed by atoms with Crippen LogP contribution in [0.2, 0.25) is 10.2 Å². The van der Waals surface area contributed by atoms with Crippen LogP contribution in [-0.4, -0.2) is 46.3 Å². The SMILES string of the molecule is N/C(=N\C(=O)c1cc(Cl)c(N)cc1N)NC[C@H]1CC[C@H](N/C(N)=N/C(=O)c2nc(Cl)c(N)nc2N)CC1. The van der Waals surface area contributed by atoms with Crippen molar-refractivity contribution < 1.29 is 9.59 Å². The van der Waals surface area contributed by atoms with E-state index < -0.39 is 11.8 Å². The highest BCUT2D eigenvalue weighted by molar-refractivity contribution is 6.33. The Balaban J connectivity index is 1.47. The van der Waals surface area contributed by atoms with Gasteiger partial charge in [0.1, 0.15) is 0 Å². The smallest absolute Gasteiger partial charge is 0.302 e. The van der Waals surface area contributed by atoms with Crippen LogP contribution >= 0.6 is 23.2 Å². The lowest BCUT2D eigenvalue weighted by Gasteiger charge is -2.29. The third-order valence-electron chi connectivity index (χ3n) is 5.72. The van der Waals surface area contributed by atoms with Gasteiger partial charge in [0.05, 0.1) is 16.3 Å². The van der Waals surface area contributed by atoms with E-state index in [1.165, 1.54) is 12.1 Å². The molecule has 1 aliphatic rings. The summed E-state index contributed by atoms with van der Waals surface area (Å²) in [6, 6.07) is 2.76. The maximum Gasteiger partial charge on any atom is 0.302 e. The topological polar surface area (TPSA) is 265 Å². The summed E-state index contributed by atoms with van der Waals surface area (Å²) in [5.41, 5.74) is 34.7. The van der Waals surface area contributed by atoms with Crippen LogP contribution in [-0.2, 0) is 0 Å². The summed E-state index contributed by atoms with van der Waals surface area (Å²) in [4.78, 5) is 39.9. The molecule has 1 heterocycles. The molecule has 0 bridgehead atoms. The van der Waals surface area contributed by atoms with Gasteiger partial charge in [0.25, 0.3) is 5.91 Å². The number of nitrogens with zero attached hydrogens (tertiary/aromatic N) is 4. The van der Waals surface area contributed by atoms with E-state index in [2.05, 4.69) is 30.6 Å². The summed E-state index contributed by atoms with van der Waals surface area (Å²) >= 11 is 11.8. The van der Waals surface area contributed by atoms with Crippen LogP contribution in [0.1, 0.15) is 46.5 Å². The first kappa shape index (κ1) is 27.5. The van der Waals surface area contributed by atoms with E-state index in [1.807, 2.05) is 0 Å². The van der Waals surface area contributed by atoms with Gasteiger partial charge in [0, 0.05) is 18.3 Å². The minimum atomic E-state index is -0.790. The van der Waals surface area contributed by atoms with Crippen LogP contribution in [0.3, 0.4) is 0 Å². The van der Waals surface area contributed by atoms with Crippen molar-refractivity contribution in [1.29, 1.82) is 0 Å². The summed E-state index contributed by atoms with van der Waals surface area (Å²) < 4.78 is 0. The van der Waals surface area contributed by atoms with E-state index in [-0.39, 0.29) is 68.3 Å². The van der Waals surface area contributed by atoms with Gasteiger partial charge in [-0.05, 0) is 43.7 Å². The van der Waals surface area contributed by atoms with E-state index in [4.69, 9.17) is 57.6 Å². The molecular formula is C21H28Cl2N12O2. The van der Waals surface area contributed by atoms with Crippen LogP contribution in [0.5, 0.6) is 0 Å². The predicted molar refractivity (Wildman–Crippen MR) is 145 cm³/mol. The number of carbonyl (C=O) groups is 2. The zero-order valence-electron chi connectivity index (χ0n) is 19.7. The third-order valence-corrected chi connectivity index (χ3v) is 6.33. The zero-order chi connectivity index (χ0) is 27.3.